The average Bonchev–Trinajstić information content (AvgIpc) is 3.65. The van der Waals surface area contributed by atoms with Crippen LogP contribution in [0.25, 0.3) is 17.2 Å². The number of ether oxygens (including phenoxy) is 2. The predicted molar refractivity (Wildman–Crippen MR) is 224 cm³/mol. The van der Waals surface area contributed by atoms with Gasteiger partial charge in [0.15, 0.2) is 0 Å². The number of amides is 3. The molecule has 6 aromatic rings. The van der Waals surface area contributed by atoms with Crippen LogP contribution >= 0.6 is 23.1 Å². The van der Waals surface area contributed by atoms with Crippen molar-refractivity contribution in [3.63, 3.8) is 0 Å². The maximum Gasteiger partial charge on any atom is 0.341 e. The lowest BCUT2D eigenvalue weighted by Crippen LogP contribution is -2.30. The topological polar surface area (TPSA) is 123 Å². The van der Waals surface area contributed by atoms with Crippen molar-refractivity contribution >= 4 is 63.6 Å². The third-order valence-corrected chi connectivity index (χ3v) is 10.5. The van der Waals surface area contributed by atoms with Gasteiger partial charge < -0.3 is 25.4 Å². The molecule has 3 amide bonds. The summed E-state index contributed by atoms with van der Waals surface area (Å²) in [5, 5.41) is 10.2. The maximum atomic E-state index is 14.2. The third-order valence-electron chi connectivity index (χ3n) is 8.33. The molecule has 0 fully saturated rings. The number of rotatable bonds is 15. The first kappa shape index (κ1) is 39.3. The van der Waals surface area contributed by atoms with Gasteiger partial charge in [0.1, 0.15) is 27.3 Å². The largest absolute Gasteiger partial charge is 0.493 e. The first-order valence-electron chi connectivity index (χ1n) is 17.9. The predicted octanol–water partition coefficient (Wildman–Crippen LogP) is 9.87. The molecule has 0 aliphatic rings. The number of hydrogen-bond acceptors (Lipinski definition) is 8. The van der Waals surface area contributed by atoms with Gasteiger partial charge in [0, 0.05) is 32.7 Å². The van der Waals surface area contributed by atoms with Crippen molar-refractivity contribution in [3.05, 3.63) is 173 Å². The Morgan fingerprint density at radius 1 is 0.750 bits per heavy atom. The lowest BCUT2D eigenvalue weighted by atomic mass is 10.0. The average molecular weight is 782 g/mol. The van der Waals surface area contributed by atoms with Crippen LogP contribution in [0, 0.1) is 0 Å². The molecule has 0 saturated carbocycles. The number of nitrogens with one attached hydrogen (secondary N) is 3. The van der Waals surface area contributed by atoms with Crippen molar-refractivity contribution in [2.24, 2.45) is 0 Å². The van der Waals surface area contributed by atoms with Gasteiger partial charge in [-0.2, -0.15) is 0 Å². The molecule has 6 rings (SSSR count). The van der Waals surface area contributed by atoms with E-state index in [1.165, 1.54) is 23.1 Å². The van der Waals surface area contributed by atoms with Crippen molar-refractivity contribution in [3.8, 4) is 16.9 Å². The number of benzene rings is 5. The monoisotopic (exact) mass is 781 g/mol. The highest BCUT2D eigenvalue weighted by atomic mass is 32.2. The zero-order chi connectivity index (χ0) is 39.3. The molecule has 56 heavy (non-hydrogen) atoms. The number of anilines is 2. The lowest BCUT2D eigenvalue weighted by Gasteiger charge is -2.18. The number of thiophene rings is 1. The summed E-state index contributed by atoms with van der Waals surface area (Å²) < 4.78 is 11.2. The Kier molecular flexibility index (Phi) is 13.5. The van der Waals surface area contributed by atoms with E-state index in [1.54, 1.807) is 73.7 Å². The quantitative estimate of drug-likeness (QED) is 0.0539. The normalized spacial score (nSPS) is 11.6. The molecular weight excluding hydrogens is 743 g/mol. The molecule has 1 unspecified atom stereocenters. The second kappa shape index (κ2) is 19.2. The Morgan fingerprint density at radius 3 is 2.14 bits per heavy atom. The van der Waals surface area contributed by atoms with Crippen LogP contribution in [0.4, 0.5) is 10.7 Å². The van der Waals surface area contributed by atoms with Crippen molar-refractivity contribution in [2.75, 3.05) is 23.8 Å². The molecule has 282 valence electrons. The Hall–Kier alpha value is -6.43. The van der Waals surface area contributed by atoms with Gasteiger partial charge in [0.05, 0.1) is 13.2 Å². The van der Waals surface area contributed by atoms with Gasteiger partial charge in [0.25, 0.3) is 11.8 Å². The molecule has 0 radical (unpaired) electrons. The summed E-state index contributed by atoms with van der Waals surface area (Å²) in [7, 11) is 0. The number of hydrogen-bond donors (Lipinski definition) is 3. The van der Waals surface area contributed by atoms with E-state index in [1.807, 2.05) is 91.2 Å². The van der Waals surface area contributed by atoms with E-state index in [9.17, 15) is 19.2 Å². The summed E-state index contributed by atoms with van der Waals surface area (Å²) in [6.07, 6.45) is 1.58. The van der Waals surface area contributed by atoms with Crippen LogP contribution in [0.3, 0.4) is 0 Å². The highest BCUT2D eigenvalue weighted by Gasteiger charge is 2.28. The Morgan fingerprint density at radius 2 is 1.43 bits per heavy atom. The van der Waals surface area contributed by atoms with Crippen molar-refractivity contribution in [1.29, 1.82) is 0 Å². The number of thioether (sulfide) groups is 1. The van der Waals surface area contributed by atoms with Crippen LogP contribution in [-0.4, -0.2) is 36.9 Å². The maximum absolute atomic E-state index is 14.2. The first-order chi connectivity index (χ1) is 27.3. The minimum absolute atomic E-state index is 0.00817. The van der Waals surface area contributed by atoms with Gasteiger partial charge in [-0.25, -0.2) is 4.79 Å². The van der Waals surface area contributed by atoms with Crippen LogP contribution in [-0.2, 0) is 14.3 Å². The standard InChI is InChI=1S/C45H39N3O6S2/c1-3-53-38-26-15-14-23-33(38)27-37(47-41(49)32-21-12-7-13-22-32)42(50)46-34-24-16-25-35(28-34)56-40(31-19-10-6-11-20-31)43(51)48-44-39(45(52)54-4-2)36(29-55-44)30-17-8-5-9-18-30/h5-29,40H,3-4H2,1-2H3,(H,46,50)(H,47,49)(H,48,51)/b37-27+. The molecule has 1 atom stereocenters. The summed E-state index contributed by atoms with van der Waals surface area (Å²) in [6, 6.07) is 41.8. The number of esters is 1. The van der Waals surface area contributed by atoms with E-state index in [2.05, 4.69) is 16.0 Å². The molecular formula is C45H39N3O6S2. The zero-order valence-electron chi connectivity index (χ0n) is 30.7. The van der Waals surface area contributed by atoms with Gasteiger partial charge >= 0.3 is 5.97 Å². The number of para-hydroxylation sites is 1. The van der Waals surface area contributed by atoms with Crippen LogP contribution in [0.5, 0.6) is 5.75 Å². The molecule has 9 nitrogen and oxygen atoms in total. The highest BCUT2D eigenvalue weighted by Crippen LogP contribution is 2.40. The Bertz CT molecular complexity index is 2330. The lowest BCUT2D eigenvalue weighted by molar-refractivity contribution is -0.116. The minimum Gasteiger partial charge on any atom is -0.493 e. The summed E-state index contributed by atoms with van der Waals surface area (Å²) in [4.78, 5) is 55.3. The van der Waals surface area contributed by atoms with Gasteiger partial charge in [-0.05, 0) is 67.4 Å². The summed E-state index contributed by atoms with van der Waals surface area (Å²) in [5.41, 5.74) is 3.99. The van der Waals surface area contributed by atoms with Crippen LogP contribution in [0.2, 0.25) is 0 Å². The molecule has 0 saturated heterocycles. The van der Waals surface area contributed by atoms with Crippen molar-refractivity contribution in [1.82, 2.24) is 5.32 Å². The molecule has 5 aromatic carbocycles. The number of carbonyl (C=O) groups is 4. The summed E-state index contributed by atoms with van der Waals surface area (Å²) >= 11 is 2.55. The summed E-state index contributed by atoms with van der Waals surface area (Å²) in [5.74, 6) is -1.31. The molecule has 1 aromatic heterocycles. The van der Waals surface area contributed by atoms with Gasteiger partial charge in [-0.1, -0.05) is 103 Å². The molecule has 3 N–H and O–H groups in total. The second-order valence-electron chi connectivity index (χ2n) is 12.2. The molecule has 0 bridgehead atoms. The van der Waals surface area contributed by atoms with Crippen molar-refractivity contribution in [2.45, 2.75) is 24.0 Å². The van der Waals surface area contributed by atoms with E-state index in [0.29, 0.717) is 50.2 Å². The fraction of sp³-hybridized carbons (Fsp3) is 0.111. The molecule has 0 aliphatic heterocycles. The third kappa shape index (κ3) is 10.0. The van der Waals surface area contributed by atoms with Gasteiger partial charge in [0.2, 0.25) is 5.91 Å². The first-order valence-corrected chi connectivity index (χ1v) is 19.7. The van der Waals surface area contributed by atoms with Crippen LogP contribution in [0.1, 0.15) is 50.9 Å². The van der Waals surface area contributed by atoms with Crippen LogP contribution in [0.15, 0.2) is 155 Å². The second-order valence-corrected chi connectivity index (χ2v) is 14.2. The molecule has 0 spiro atoms. The Labute approximate surface area is 333 Å². The molecule has 0 aliphatic carbocycles. The van der Waals surface area contributed by atoms with Crippen LogP contribution < -0.4 is 20.7 Å². The van der Waals surface area contributed by atoms with E-state index >= 15 is 0 Å². The molecule has 11 heteroatoms. The molecule has 1 heterocycles. The van der Waals surface area contributed by atoms with E-state index in [0.717, 1.165) is 11.1 Å². The Balaban J connectivity index is 1.27. The fourth-order valence-electron chi connectivity index (χ4n) is 5.73. The SMILES string of the molecule is CCOC(=O)c1c(-c2ccccc2)csc1NC(=O)C(Sc1cccc(NC(=O)/C(=C\c2ccccc2OCC)NC(=O)c2ccccc2)c1)c1ccccc1. The summed E-state index contributed by atoms with van der Waals surface area (Å²) in [6.45, 7) is 4.21. The number of carbonyl (C=O) groups excluding carboxylic acids is 4. The smallest absolute Gasteiger partial charge is 0.341 e. The van der Waals surface area contributed by atoms with Gasteiger partial charge in [-0.15, -0.1) is 23.1 Å². The highest BCUT2D eigenvalue weighted by molar-refractivity contribution is 8.00. The fourth-order valence-corrected chi connectivity index (χ4v) is 7.77. The van der Waals surface area contributed by atoms with E-state index < -0.39 is 23.0 Å². The zero-order valence-corrected chi connectivity index (χ0v) is 32.3. The van der Waals surface area contributed by atoms with E-state index in [4.69, 9.17) is 9.47 Å². The van der Waals surface area contributed by atoms with Gasteiger partial charge in [-0.3, -0.25) is 14.4 Å². The van der Waals surface area contributed by atoms with Crippen molar-refractivity contribution < 1.29 is 28.7 Å². The van der Waals surface area contributed by atoms with E-state index in [-0.39, 0.29) is 18.2 Å². The minimum atomic E-state index is -0.741.